The molecule has 0 unspecified atom stereocenters. The summed E-state index contributed by atoms with van der Waals surface area (Å²) >= 11 is 0. The Morgan fingerprint density at radius 3 is 2.92 bits per heavy atom. The number of hydrogen-bond donors (Lipinski definition) is 1. The zero-order valence-electron chi connectivity index (χ0n) is 7.83. The van der Waals surface area contributed by atoms with Crippen LogP contribution in [0, 0.1) is 6.92 Å². The van der Waals surface area contributed by atoms with Crippen LogP contribution >= 0.6 is 0 Å². The van der Waals surface area contributed by atoms with Crippen LogP contribution in [0.4, 0.5) is 0 Å². The lowest BCUT2D eigenvalue weighted by atomic mass is 10.1. The first-order valence-corrected chi connectivity index (χ1v) is 4.08. The van der Waals surface area contributed by atoms with Gasteiger partial charge in [-0.1, -0.05) is 12.1 Å². The number of methoxy groups -OCH3 is 1. The van der Waals surface area contributed by atoms with Gasteiger partial charge in [0.25, 0.3) is 0 Å². The second-order valence-electron chi connectivity index (χ2n) is 2.81. The van der Waals surface area contributed by atoms with E-state index in [-0.39, 0.29) is 0 Å². The van der Waals surface area contributed by atoms with Crippen molar-refractivity contribution in [3.8, 4) is 5.75 Å². The second-order valence-corrected chi connectivity index (χ2v) is 2.81. The summed E-state index contributed by atoms with van der Waals surface area (Å²) in [5, 5.41) is 2.60. The number of carbonyl (C=O) groups excluding carboxylic acids is 1. The standard InChI is InChI=1S/C10H13NO2/c1-8-3-4-9(6-11-7-12)10(5-8)13-2/h3-5,7H,6H2,1-2H3,(H,11,12). The van der Waals surface area contributed by atoms with Crippen molar-refractivity contribution in [2.45, 2.75) is 13.5 Å². The number of aryl methyl sites for hydroxylation is 1. The minimum atomic E-state index is 0.507. The van der Waals surface area contributed by atoms with Gasteiger partial charge in [-0.25, -0.2) is 0 Å². The topological polar surface area (TPSA) is 38.3 Å². The predicted molar refractivity (Wildman–Crippen MR) is 50.6 cm³/mol. The molecule has 1 rings (SSSR count). The Hall–Kier alpha value is -1.51. The Morgan fingerprint density at radius 2 is 2.31 bits per heavy atom. The molecule has 1 aromatic carbocycles. The Kier molecular flexibility index (Phi) is 3.31. The van der Waals surface area contributed by atoms with E-state index >= 15 is 0 Å². The van der Waals surface area contributed by atoms with Crippen molar-refractivity contribution in [2.24, 2.45) is 0 Å². The van der Waals surface area contributed by atoms with Crippen LogP contribution in [0.1, 0.15) is 11.1 Å². The minimum absolute atomic E-state index is 0.507. The number of ether oxygens (including phenoxy) is 1. The lowest BCUT2D eigenvalue weighted by Crippen LogP contribution is -2.10. The van der Waals surface area contributed by atoms with Gasteiger partial charge in [0.1, 0.15) is 5.75 Å². The molecule has 0 aromatic heterocycles. The molecule has 0 fully saturated rings. The fourth-order valence-corrected chi connectivity index (χ4v) is 1.15. The van der Waals surface area contributed by atoms with Crippen LogP contribution in [0.15, 0.2) is 18.2 Å². The lowest BCUT2D eigenvalue weighted by molar-refractivity contribution is -0.109. The average molecular weight is 179 g/mol. The van der Waals surface area contributed by atoms with E-state index in [1.54, 1.807) is 7.11 Å². The number of rotatable bonds is 4. The van der Waals surface area contributed by atoms with Crippen LogP contribution in [-0.2, 0) is 11.3 Å². The third-order valence-corrected chi connectivity index (χ3v) is 1.82. The maximum Gasteiger partial charge on any atom is 0.207 e. The van der Waals surface area contributed by atoms with Gasteiger partial charge < -0.3 is 10.1 Å². The van der Waals surface area contributed by atoms with E-state index in [2.05, 4.69) is 5.32 Å². The average Bonchev–Trinajstić information content (AvgIpc) is 2.16. The third kappa shape index (κ3) is 2.47. The van der Waals surface area contributed by atoms with Crippen LogP contribution in [-0.4, -0.2) is 13.5 Å². The van der Waals surface area contributed by atoms with E-state index in [9.17, 15) is 4.79 Å². The number of nitrogens with one attached hydrogen (secondary N) is 1. The molecule has 0 aliphatic heterocycles. The van der Waals surface area contributed by atoms with Gasteiger partial charge in [0.05, 0.1) is 7.11 Å². The molecule has 0 aliphatic rings. The molecule has 0 saturated heterocycles. The summed E-state index contributed by atoms with van der Waals surface area (Å²) in [6.45, 7) is 2.51. The molecule has 3 nitrogen and oxygen atoms in total. The molecule has 70 valence electrons. The van der Waals surface area contributed by atoms with Crippen LogP contribution in [0.25, 0.3) is 0 Å². The van der Waals surface area contributed by atoms with Gasteiger partial charge in [-0.3, -0.25) is 4.79 Å². The fourth-order valence-electron chi connectivity index (χ4n) is 1.15. The number of amides is 1. The molecule has 0 radical (unpaired) electrons. The third-order valence-electron chi connectivity index (χ3n) is 1.82. The van der Waals surface area contributed by atoms with E-state index in [0.29, 0.717) is 13.0 Å². The maximum absolute atomic E-state index is 10.1. The summed E-state index contributed by atoms with van der Waals surface area (Å²) < 4.78 is 5.17. The summed E-state index contributed by atoms with van der Waals surface area (Å²) in [5.74, 6) is 0.814. The van der Waals surface area contributed by atoms with Crippen molar-refractivity contribution < 1.29 is 9.53 Å². The maximum atomic E-state index is 10.1. The van der Waals surface area contributed by atoms with Crippen molar-refractivity contribution in [3.63, 3.8) is 0 Å². The first-order chi connectivity index (χ1) is 6.27. The molecular formula is C10H13NO2. The number of benzene rings is 1. The van der Waals surface area contributed by atoms with E-state index in [1.165, 1.54) is 0 Å². The number of hydrogen-bond acceptors (Lipinski definition) is 2. The summed E-state index contributed by atoms with van der Waals surface area (Å²) in [5.41, 5.74) is 2.13. The van der Waals surface area contributed by atoms with Crippen molar-refractivity contribution in [2.75, 3.05) is 7.11 Å². The zero-order valence-corrected chi connectivity index (χ0v) is 7.83. The molecule has 0 saturated carbocycles. The van der Waals surface area contributed by atoms with E-state index in [4.69, 9.17) is 4.74 Å². The Morgan fingerprint density at radius 1 is 1.54 bits per heavy atom. The first-order valence-electron chi connectivity index (χ1n) is 4.08. The zero-order chi connectivity index (χ0) is 9.68. The van der Waals surface area contributed by atoms with Crippen LogP contribution in [0.3, 0.4) is 0 Å². The van der Waals surface area contributed by atoms with Gasteiger partial charge in [-0.05, 0) is 18.6 Å². The molecule has 13 heavy (non-hydrogen) atoms. The molecule has 0 heterocycles. The van der Waals surface area contributed by atoms with E-state index in [0.717, 1.165) is 16.9 Å². The smallest absolute Gasteiger partial charge is 0.207 e. The molecule has 0 aliphatic carbocycles. The van der Waals surface area contributed by atoms with Crippen molar-refractivity contribution in [1.29, 1.82) is 0 Å². The highest BCUT2D eigenvalue weighted by Gasteiger charge is 2.01. The molecule has 0 bridgehead atoms. The second kappa shape index (κ2) is 4.50. The molecule has 1 aromatic rings. The lowest BCUT2D eigenvalue weighted by Gasteiger charge is -2.08. The summed E-state index contributed by atoms with van der Waals surface area (Å²) in [6, 6.07) is 5.89. The van der Waals surface area contributed by atoms with Crippen LogP contribution in [0.2, 0.25) is 0 Å². The normalized spacial score (nSPS) is 9.38. The minimum Gasteiger partial charge on any atom is -0.496 e. The molecule has 1 amide bonds. The largest absolute Gasteiger partial charge is 0.496 e. The van der Waals surface area contributed by atoms with Gasteiger partial charge in [-0.15, -0.1) is 0 Å². The molecular weight excluding hydrogens is 166 g/mol. The Bertz CT molecular complexity index is 297. The summed E-state index contributed by atoms with van der Waals surface area (Å²) in [6.07, 6.45) is 0.680. The Labute approximate surface area is 77.7 Å². The van der Waals surface area contributed by atoms with Gasteiger partial charge in [0.15, 0.2) is 0 Å². The number of carbonyl (C=O) groups is 1. The highest BCUT2D eigenvalue weighted by Crippen LogP contribution is 2.19. The van der Waals surface area contributed by atoms with Crippen molar-refractivity contribution in [3.05, 3.63) is 29.3 Å². The quantitative estimate of drug-likeness (QED) is 0.706. The highest BCUT2D eigenvalue weighted by molar-refractivity contribution is 5.47. The summed E-state index contributed by atoms with van der Waals surface area (Å²) in [7, 11) is 1.62. The molecule has 1 N–H and O–H groups in total. The van der Waals surface area contributed by atoms with Gasteiger partial charge >= 0.3 is 0 Å². The van der Waals surface area contributed by atoms with Crippen molar-refractivity contribution in [1.82, 2.24) is 5.32 Å². The molecule has 0 atom stereocenters. The van der Waals surface area contributed by atoms with Gasteiger partial charge in [0.2, 0.25) is 6.41 Å². The van der Waals surface area contributed by atoms with Crippen LogP contribution < -0.4 is 10.1 Å². The van der Waals surface area contributed by atoms with Gasteiger partial charge in [-0.2, -0.15) is 0 Å². The fraction of sp³-hybridized carbons (Fsp3) is 0.300. The predicted octanol–water partition coefficient (Wildman–Crippen LogP) is 1.25. The van der Waals surface area contributed by atoms with Gasteiger partial charge in [0, 0.05) is 12.1 Å². The van der Waals surface area contributed by atoms with E-state index < -0.39 is 0 Å². The van der Waals surface area contributed by atoms with Crippen LogP contribution in [0.5, 0.6) is 5.75 Å². The first kappa shape index (κ1) is 9.58. The SMILES string of the molecule is COc1cc(C)ccc1CNC=O. The van der Waals surface area contributed by atoms with E-state index in [1.807, 2.05) is 25.1 Å². The molecule has 3 heteroatoms. The summed E-state index contributed by atoms with van der Waals surface area (Å²) in [4.78, 5) is 10.1. The monoisotopic (exact) mass is 179 g/mol. The molecule has 0 spiro atoms. The Balaban J connectivity index is 2.85. The highest BCUT2D eigenvalue weighted by atomic mass is 16.5. The van der Waals surface area contributed by atoms with Crippen molar-refractivity contribution >= 4 is 6.41 Å².